The van der Waals surface area contributed by atoms with Crippen LogP contribution in [0.4, 0.5) is 0 Å². The zero-order valence-electron chi connectivity index (χ0n) is 10.2. The summed E-state index contributed by atoms with van der Waals surface area (Å²) in [6, 6.07) is 0. The van der Waals surface area contributed by atoms with Crippen molar-refractivity contribution in [3.05, 3.63) is 0 Å². The van der Waals surface area contributed by atoms with E-state index in [1.807, 2.05) is 0 Å². The summed E-state index contributed by atoms with van der Waals surface area (Å²) in [5.74, 6) is 0.751. The molecule has 2 aliphatic rings. The second-order valence-corrected chi connectivity index (χ2v) is 5.47. The van der Waals surface area contributed by atoms with Crippen molar-refractivity contribution in [2.45, 2.75) is 50.5 Å². The van der Waals surface area contributed by atoms with E-state index in [4.69, 9.17) is 4.74 Å². The van der Waals surface area contributed by atoms with E-state index in [0.29, 0.717) is 0 Å². The van der Waals surface area contributed by atoms with Crippen LogP contribution in [-0.2, 0) is 4.74 Å². The summed E-state index contributed by atoms with van der Waals surface area (Å²) in [4.78, 5) is 0. The Morgan fingerprint density at radius 3 is 2.50 bits per heavy atom. The average Bonchev–Trinajstić information content (AvgIpc) is 2.31. The summed E-state index contributed by atoms with van der Waals surface area (Å²) in [5, 5.41) is 13.8. The lowest BCUT2D eigenvalue weighted by molar-refractivity contribution is 0.00236. The summed E-state index contributed by atoms with van der Waals surface area (Å²) in [6.07, 6.45) is 7.98. The Kier molecular flexibility index (Phi) is 4.62. The second-order valence-electron chi connectivity index (χ2n) is 5.47. The molecule has 0 bridgehead atoms. The largest absolute Gasteiger partial charge is 0.389 e. The molecule has 0 aromatic rings. The van der Waals surface area contributed by atoms with Gasteiger partial charge in [-0.15, -0.1) is 0 Å². The summed E-state index contributed by atoms with van der Waals surface area (Å²) in [6.45, 7) is 3.66. The molecule has 1 saturated carbocycles. The Balaban J connectivity index is 1.62. The van der Waals surface area contributed by atoms with Gasteiger partial charge in [-0.1, -0.05) is 19.3 Å². The minimum Gasteiger partial charge on any atom is -0.389 e. The Bertz CT molecular complexity index is 196. The highest BCUT2D eigenvalue weighted by molar-refractivity contribution is 4.84. The first-order chi connectivity index (χ1) is 7.79. The molecule has 3 nitrogen and oxygen atoms in total. The fourth-order valence-corrected chi connectivity index (χ4v) is 2.85. The van der Waals surface area contributed by atoms with Crippen LogP contribution >= 0.6 is 0 Å². The third-order valence-electron chi connectivity index (χ3n) is 4.01. The molecular weight excluding hydrogens is 202 g/mol. The van der Waals surface area contributed by atoms with Crippen molar-refractivity contribution in [1.82, 2.24) is 5.32 Å². The monoisotopic (exact) mass is 227 g/mol. The smallest absolute Gasteiger partial charge is 0.0771 e. The van der Waals surface area contributed by atoms with Crippen molar-refractivity contribution in [3.8, 4) is 0 Å². The van der Waals surface area contributed by atoms with Crippen LogP contribution in [0, 0.1) is 5.92 Å². The van der Waals surface area contributed by atoms with E-state index in [0.717, 1.165) is 45.1 Å². The first kappa shape index (κ1) is 12.3. The predicted molar refractivity (Wildman–Crippen MR) is 64.4 cm³/mol. The van der Waals surface area contributed by atoms with Crippen LogP contribution in [0.15, 0.2) is 0 Å². The van der Waals surface area contributed by atoms with E-state index >= 15 is 0 Å². The van der Waals surface area contributed by atoms with Gasteiger partial charge in [-0.3, -0.25) is 0 Å². The first-order valence-corrected chi connectivity index (χ1v) is 6.79. The van der Waals surface area contributed by atoms with Crippen molar-refractivity contribution in [1.29, 1.82) is 0 Å². The minimum absolute atomic E-state index is 0.413. The molecule has 1 heterocycles. The van der Waals surface area contributed by atoms with Gasteiger partial charge in [0.2, 0.25) is 0 Å². The third-order valence-corrected chi connectivity index (χ3v) is 4.01. The third kappa shape index (κ3) is 3.72. The molecule has 0 atom stereocenters. The van der Waals surface area contributed by atoms with E-state index in [1.165, 1.54) is 32.1 Å². The van der Waals surface area contributed by atoms with Gasteiger partial charge >= 0.3 is 0 Å². The SMILES string of the molecule is OC1(CNCC2CCOCC2)CCCCC1. The highest BCUT2D eigenvalue weighted by Gasteiger charge is 2.28. The number of aliphatic hydroxyl groups is 1. The van der Waals surface area contributed by atoms with Crippen molar-refractivity contribution in [3.63, 3.8) is 0 Å². The molecule has 0 unspecified atom stereocenters. The van der Waals surface area contributed by atoms with Crippen LogP contribution in [0.5, 0.6) is 0 Å². The summed E-state index contributed by atoms with van der Waals surface area (Å²) in [5.41, 5.74) is -0.413. The van der Waals surface area contributed by atoms with Crippen molar-refractivity contribution in [2.24, 2.45) is 5.92 Å². The molecule has 3 heteroatoms. The van der Waals surface area contributed by atoms with Crippen LogP contribution in [-0.4, -0.2) is 37.0 Å². The van der Waals surface area contributed by atoms with Gasteiger partial charge in [-0.2, -0.15) is 0 Å². The van der Waals surface area contributed by atoms with Crippen molar-refractivity contribution < 1.29 is 9.84 Å². The second kappa shape index (κ2) is 5.99. The normalized spacial score (nSPS) is 26.8. The van der Waals surface area contributed by atoms with Crippen LogP contribution < -0.4 is 5.32 Å². The van der Waals surface area contributed by atoms with E-state index in [-0.39, 0.29) is 0 Å². The number of ether oxygens (including phenoxy) is 1. The lowest BCUT2D eigenvalue weighted by Crippen LogP contribution is -2.43. The Morgan fingerprint density at radius 2 is 1.81 bits per heavy atom. The van der Waals surface area contributed by atoms with Crippen LogP contribution in [0.1, 0.15) is 44.9 Å². The molecule has 2 fully saturated rings. The standard InChI is InChI=1S/C13H25NO2/c15-13(6-2-1-3-7-13)11-14-10-12-4-8-16-9-5-12/h12,14-15H,1-11H2. The molecule has 0 aromatic heterocycles. The fraction of sp³-hybridized carbons (Fsp3) is 1.00. The molecule has 1 saturated heterocycles. The van der Waals surface area contributed by atoms with Gasteiger partial charge < -0.3 is 15.2 Å². The topological polar surface area (TPSA) is 41.5 Å². The van der Waals surface area contributed by atoms with Crippen LogP contribution in [0.3, 0.4) is 0 Å². The molecule has 0 aromatic carbocycles. The van der Waals surface area contributed by atoms with Crippen molar-refractivity contribution >= 4 is 0 Å². The van der Waals surface area contributed by atoms with Crippen LogP contribution in [0.2, 0.25) is 0 Å². The molecule has 2 N–H and O–H groups in total. The summed E-state index contributed by atoms with van der Waals surface area (Å²) in [7, 11) is 0. The molecule has 0 radical (unpaired) electrons. The number of hydrogen-bond acceptors (Lipinski definition) is 3. The number of hydrogen-bond donors (Lipinski definition) is 2. The molecule has 2 rings (SSSR count). The van der Waals surface area contributed by atoms with E-state index < -0.39 is 5.60 Å². The zero-order valence-corrected chi connectivity index (χ0v) is 10.2. The number of rotatable bonds is 4. The quantitative estimate of drug-likeness (QED) is 0.768. The minimum atomic E-state index is -0.413. The Morgan fingerprint density at radius 1 is 1.12 bits per heavy atom. The fourth-order valence-electron chi connectivity index (χ4n) is 2.85. The summed E-state index contributed by atoms with van der Waals surface area (Å²) < 4.78 is 5.34. The van der Waals surface area contributed by atoms with E-state index in [2.05, 4.69) is 5.32 Å². The predicted octanol–water partition coefficient (Wildman–Crippen LogP) is 1.70. The lowest BCUT2D eigenvalue weighted by atomic mass is 9.85. The molecule has 1 aliphatic heterocycles. The molecule has 94 valence electrons. The molecule has 0 amide bonds. The van der Waals surface area contributed by atoms with Gasteiger partial charge in [-0.05, 0) is 38.1 Å². The van der Waals surface area contributed by atoms with Gasteiger partial charge in [0, 0.05) is 19.8 Å². The maximum atomic E-state index is 10.3. The van der Waals surface area contributed by atoms with E-state index in [1.54, 1.807) is 0 Å². The van der Waals surface area contributed by atoms with Gasteiger partial charge in [0.1, 0.15) is 0 Å². The summed E-state index contributed by atoms with van der Waals surface area (Å²) >= 11 is 0. The average molecular weight is 227 g/mol. The van der Waals surface area contributed by atoms with Crippen LogP contribution in [0.25, 0.3) is 0 Å². The molecular formula is C13H25NO2. The van der Waals surface area contributed by atoms with E-state index in [9.17, 15) is 5.11 Å². The Hall–Kier alpha value is -0.120. The van der Waals surface area contributed by atoms with Gasteiger partial charge in [0.05, 0.1) is 5.60 Å². The molecule has 0 spiro atoms. The van der Waals surface area contributed by atoms with Gasteiger partial charge in [0.15, 0.2) is 0 Å². The highest BCUT2D eigenvalue weighted by atomic mass is 16.5. The first-order valence-electron chi connectivity index (χ1n) is 6.79. The Labute approximate surface area is 98.6 Å². The highest BCUT2D eigenvalue weighted by Crippen LogP contribution is 2.27. The number of nitrogens with one attached hydrogen (secondary N) is 1. The maximum absolute atomic E-state index is 10.3. The lowest BCUT2D eigenvalue weighted by Gasteiger charge is -2.33. The van der Waals surface area contributed by atoms with Crippen molar-refractivity contribution in [2.75, 3.05) is 26.3 Å². The van der Waals surface area contributed by atoms with Gasteiger partial charge in [0.25, 0.3) is 0 Å². The zero-order chi connectivity index (χ0) is 11.3. The molecule has 16 heavy (non-hydrogen) atoms. The van der Waals surface area contributed by atoms with Gasteiger partial charge in [-0.25, -0.2) is 0 Å². The maximum Gasteiger partial charge on any atom is 0.0771 e. The molecule has 1 aliphatic carbocycles.